The SMILES string of the molecule is CC(C)(C)C(c1nc(-c2cc(F)ccc2F)cn1Cc1ccccc1)N(CC[C@H](N)C(=O)NNC(=O)CCCCCN1C(=O)C=CC1=O)C(=O)CO. The van der Waals surface area contributed by atoms with Gasteiger partial charge in [-0.1, -0.05) is 57.5 Å². The second kappa shape index (κ2) is 17.8. The fourth-order valence-corrected chi connectivity index (χ4v) is 5.94. The van der Waals surface area contributed by atoms with Crippen LogP contribution in [0.25, 0.3) is 11.3 Å². The lowest BCUT2D eigenvalue weighted by atomic mass is 9.84. The van der Waals surface area contributed by atoms with E-state index in [9.17, 15) is 37.9 Å². The van der Waals surface area contributed by atoms with Crippen molar-refractivity contribution < 1.29 is 37.9 Å². The average molecular weight is 722 g/mol. The maximum Gasteiger partial charge on any atom is 0.255 e. The number of carbonyl (C=O) groups excluding carboxylic acids is 5. The lowest BCUT2D eigenvalue weighted by molar-refractivity contribution is -0.140. The highest BCUT2D eigenvalue weighted by atomic mass is 19.1. The van der Waals surface area contributed by atoms with Crippen LogP contribution in [0.15, 0.2) is 66.9 Å². The van der Waals surface area contributed by atoms with E-state index in [4.69, 9.17) is 10.7 Å². The number of aromatic nitrogens is 2. The maximum absolute atomic E-state index is 15.0. The summed E-state index contributed by atoms with van der Waals surface area (Å²) in [5.41, 5.74) is 11.0. The van der Waals surface area contributed by atoms with Crippen molar-refractivity contribution in [2.75, 3.05) is 19.7 Å². The normalized spacial score (nSPS) is 14.0. The predicted octanol–water partition coefficient (Wildman–Crippen LogP) is 3.13. The first-order valence-electron chi connectivity index (χ1n) is 17.0. The number of aliphatic hydroxyl groups excluding tert-OH is 1. The van der Waals surface area contributed by atoms with Crippen LogP contribution in [0.2, 0.25) is 0 Å². The molecule has 0 saturated heterocycles. The number of unbranched alkanes of at least 4 members (excludes halogenated alkanes) is 2. The van der Waals surface area contributed by atoms with Gasteiger partial charge in [0.1, 0.15) is 24.1 Å². The number of rotatable bonds is 16. The number of halogens is 2. The molecule has 0 saturated carbocycles. The van der Waals surface area contributed by atoms with E-state index < -0.39 is 53.5 Å². The van der Waals surface area contributed by atoms with Crippen LogP contribution in [0, 0.1) is 17.0 Å². The molecule has 1 aromatic heterocycles. The molecule has 1 aliphatic heterocycles. The first-order chi connectivity index (χ1) is 24.7. The Morgan fingerprint density at radius 3 is 2.33 bits per heavy atom. The zero-order valence-electron chi connectivity index (χ0n) is 29.5. The van der Waals surface area contributed by atoms with E-state index in [1.807, 2.05) is 51.1 Å². The van der Waals surface area contributed by atoms with Crippen LogP contribution in [-0.4, -0.2) is 79.7 Å². The summed E-state index contributed by atoms with van der Waals surface area (Å²) in [5, 5.41) is 10.0. The molecule has 1 aliphatic rings. The number of carbonyl (C=O) groups is 5. The van der Waals surface area contributed by atoms with Crippen LogP contribution < -0.4 is 16.6 Å². The van der Waals surface area contributed by atoms with E-state index in [1.54, 1.807) is 10.8 Å². The highest BCUT2D eigenvalue weighted by Gasteiger charge is 2.38. The summed E-state index contributed by atoms with van der Waals surface area (Å²) >= 11 is 0. The molecule has 5 N–H and O–H groups in total. The van der Waals surface area contributed by atoms with E-state index in [-0.39, 0.29) is 55.5 Å². The number of aliphatic hydroxyl groups is 1. The average Bonchev–Trinajstić information content (AvgIpc) is 3.66. The molecule has 0 spiro atoms. The molecule has 13 nitrogen and oxygen atoms in total. The Morgan fingerprint density at radius 2 is 1.67 bits per heavy atom. The zero-order valence-corrected chi connectivity index (χ0v) is 29.5. The molecule has 0 radical (unpaired) electrons. The summed E-state index contributed by atoms with van der Waals surface area (Å²) < 4.78 is 30.9. The Balaban J connectivity index is 1.44. The Labute approximate surface area is 300 Å². The van der Waals surface area contributed by atoms with E-state index in [0.29, 0.717) is 25.1 Å². The number of nitrogens with zero attached hydrogens (tertiary/aromatic N) is 4. The van der Waals surface area contributed by atoms with Crippen LogP contribution in [0.4, 0.5) is 8.78 Å². The smallest absolute Gasteiger partial charge is 0.255 e. The van der Waals surface area contributed by atoms with Crippen molar-refractivity contribution in [1.82, 2.24) is 30.2 Å². The fraction of sp³-hybridized carbons (Fsp3) is 0.405. The van der Waals surface area contributed by atoms with Crippen LogP contribution in [0.5, 0.6) is 0 Å². The Hall–Kier alpha value is -5.28. The van der Waals surface area contributed by atoms with Crippen molar-refractivity contribution in [1.29, 1.82) is 0 Å². The molecule has 0 bridgehead atoms. The summed E-state index contributed by atoms with van der Waals surface area (Å²) in [6, 6.07) is 10.5. The van der Waals surface area contributed by atoms with Crippen molar-refractivity contribution in [3.63, 3.8) is 0 Å². The Bertz CT molecular complexity index is 1770. The molecule has 0 aliphatic carbocycles. The van der Waals surface area contributed by atoms with Gasteiger partial charge in [0.25, 0.3) is 17.7 Å². The number of nitrogens with two attached hydrogens (primary N) is 1. The number of imidazole rings is 1. The largest absolute Gasteiger partial charge is 0.387 e. The number of hydrogen-bond acceptors (Lipinski definition) is 8. The number of hydrazine groups is 1. The van der Waals surface area contributed by atoms with Gasteiger partial charge in [0.2, 0.25) is 11.8 Å². The Kier molecular flexibility index (Phi) is 13.5. The number of imide groups is 1. The molecule has 278 valence electrons. The van der Waals surface area contributed by atoms with Gasteiger partial charge in [0.05, 0.1) is 17.8 Å². The second-order valence-corrected chi connectivity index (χ2v) is 13.6. The van der Waals surface area contributed by atoms with Crippen LogP contribution in [0.3, 0.4) is 0 Å². The lowest BCUT2D eigenvalue weighted by Crippen LogP contribution is -2.51. The summed E-state index contributed by atoms with van der Waals surface area (Å²) in [6.45, 7) is 5.19. The van der Waals surface area contributed by atoms with Crippen LogP contribution in [-0.2, 0) is 30.5 Å². The molecule has 1 unspecified atom stereocenters. The van der Waals surface area contributed by atoms with Gasteiger partial charge in [0, 0.05) is 50.0 Å². The van der Waals surface area contributed by atoms with Gasteiger partial charge < -0.3 is 20.3 Å². The molecule has 5 amide bonds. The van der Waals surface area contributed by atoms with E-state index in [0.717, 1.165) is 28.7 Å². The van der Waals surface area contributed by atoms with Crippen molar-refractivity contribution in [3.8, 4) is 11.3 Å². The lowest BCUT2D eigenvalue weighted by Gasteiger charge is -2.40. The van der Waals surface area contributed by atoms with Gasteiger partial charge in [-0.2, -0.15) is 0 Å². The van der Waals surface area contributed by atoms with Crippen molar-refractivity contribution in [2.45, 2.75) is 71.5 Å². The molecular formula is C37H45F2N7O6. The second-order valence-electron chi connectivity index (χ2n) is 13.6. The molecule has 3 aromatic rings. The number of hydrogen-bond donors (Lipinski definition) is 4. The van der Waals surface area contributed by atoms with Gasteiger partial charge in [-0.25, -0.2) is 13.8 Å². The van der Waals surface area contributed by atoms with Crippen LogP contribution in [0.1, 0.15) is 70.3 Å². The summed E-state index contributed by atoms with van der Waals surface area (Å²) in [7, 11) is 0. The third-order valence-electron chi connectivity index (χ3n) is 8.57. The van der Waals surface area contributed by atoms with E-state index in [2.05, 4.69) is 10.9 Å². The van der Waals surface area contributed by atoms with E-state index in [1.165, 1.54) is 17.1 Å². The standard InChI is InChI=1S/C37H45F2N7O6/c1-37(2,3)34(35-41-29(26-20-25(38)13-14-27(26)39)22-44(35)21-24-10-6-4-7-11-24)46(33(51)23-47)19-17-28(40)36(52)43-42-30(48)12-8-5-9-18-45-31(49)15-16-32(45)50/h4,6-7,10-11,13-16,20,22,28,34,47H,5,8-9,12,17-19,21,23,40H2,1-3H3,(H,42,48)(H,43,52)/t28-,34?/m0/s1. The summed E-state index contributed by atoms with van der Waals surface area (Å²) in [4.78, 5) is 69.0. The highest BCUT2D eigenvalue weighted by molar-refractivity contribution is 6.12. The minimum atomic E-state index is -1.17. The molecule has 2 heterocycles. The fourth-order valence-electron chi connectivity index (χ4n) is 5.94. The molecule has 4 rings (SSSR count). The molecular weight excluding hydrogens is 676 g/mol. The van der Waals surface area contributed by atoms with Gasteiger partial charge in [-0.05, 0) is 48.4 Å². The third-order valence-corrected chi connectivity index (χ3v) is 8.57. The van der Waals surface area contributed by atoms with E-state index >= 15 is 0 Å². The van der Waals surface area contributed by atoms with Crippen LogP contribution >= 0.6 is 0 Å². The molecule has 2 atom stereocenters. The number of amides is 5. The molecule has 15 heteroatoms. The Morgan fingerprint density at radius 1 is 0.981 bits per heavy atom. The van der Waals surface area contributed by atoms with Crippen molar-refractivity contribution in [2.24, 2.45) is 11.1 Å². The monoisotopic (exact) mass is 721 g/mol. The van der Waals surface area contributed by atoms with Gasteiger partial charge in [-0.15, -0.1) is 0 Å². The highest BCUT2D eigenvalue weighted by Crippen LogP contribution is 2.39. The predicted molar refractivity (Wildman–Crippen MR) is 187 cm³/mol. The zero-order chi connectivity index (χ0) is 38.0. The first-order valence-corrected chi connectivity index (χ1v) is 17.0. The van der Waals surface area contributed by atoms with Crippen molar-refractivity contribution in [3.05, 3.63) is 89.9 Å². The maximum atomic E-state index is 15.0. The first kappa shape index (κ1) is 39.5. The quantitative estimate of drug-likeness (QED) is 0.0990. The molecule has 52 heavy (non-hydrogen) atoms. The molecule has 2 aromatic carbocycles. The molecule has 0 fully saturated rings. The van der Waals surface area contributed by atoms with Gasteiger partial charge in [-0.3, -0.25) is 39.7 Å². The third kappa shape index (κ3) is 10.4. The van der Waals surface area contributed by atoms with Gasteiger partial charge >= 0.3 is 0 Å². The minimum Gasteiger partial charge on any atom is -0.387 e. The minimum absolute atomic E-state index is 0.0610. The summed E-state index contributed by atoms with van der Waals surface area (Å²) in [6.07, 6.45) is 5.60. The topological polar surface area (TPSA) is 180 Å². The number of benzene rings is 2. The van der Waals surface area contributed by atoms with Gasteiger partial charge in [0.15, 0.2) is 0 Å². The number of nitrogens with one attached hydrogen (secondary N) is 2. The summed E-state index contributed by atoms with van der Waals surface area (Å²) in [5.74, 6) is -3.53. The van der Waals surface area contributed by atoms with Crippen molar-refractivity contribution >= 4 is 29.5 Å².